The molecule has 0 aromatic heterocycles. The summed E-state index contributed by atoms with van der Waals surface area (Å²) in [5.41, 5.74) is 0. The zero-order valence-electron chi connectivity index (χ0n) is 9.13. The Kier molecular flexibility index (Phi) is 9.70. The molecular weight excluding hydrogens is 187 g/mol. The molecule has 4 heteroatoms. The molecule has 0 unspecified atom stereocenters. The Bertz CT molecular complexity index is 111. The first-order chi connectivity index (χ1) is 5.97. The maximum atomic E-state index is 8.56. The van der Waals surface area contributed by atoms with E-state index in [4.69, 9.17) is 15.0 Å². The standard InChI is InChI=1S/C8H21P.CH2O3/c1-5-9(6-2,7-3)8-4;2-1(3)4/h9H,5-8H2,1-4H3;(H2,2,3,4). The first-order valence-electron chi connectivity index (χ1n) is 4.89. The van der Waals surface area contributed by atoms with Gasteiger partial charge in [0.2, 0.25) is 0 Å². The summed E-state index contributed by atoms with van der Waals surface area (Å²) in [6.45, 7) is 9.46. The van der Waals surface area contributed by atoms with Crippen molar-refractivity contribution in [3.8, 4) is 0 Å². The van der Waals surface area contributed by atoms with Crippen LogP contribution in [0.5, 0.6) is 0 Å². The third kappa shape index (κ3) is 8.04. The second kappa shape index (κ2) is 8.31. The first kappa shape index (κ1) is 15.2. The van der Waals surface area contributed by atoms with Crippen molar-refractivity contribution in [3.63, 3.8) is 0 Å². The van der Waals surface area contributed by atoms with E-state index < -0.39 is 13.4 Å². The molecule has 0 fully saturated rings. The Labute approximate surface area is 81.5 Å². The van der Waals surface area contributed by atoms with Crippen LogP contribution in [0.1, 0.15) is 27.7 Å². The van der Waals surface area contributed by atoms with Crippen molar-refractivity contribution in [2.75, 3.05) is 24.6 Å². The molecule has 0 aromatic rings. The molecule has 2 N–H and O–H groups in total. The van der Waals surface area contributed by atoms with E-state index in [0.29, 0.717) is 0 Å². The Morgan fingerprint density at radius 2 is 1.08 bits per heavy atom. The molecule has 3 nitrogen and oxygen atoms in total. The summed E-state index contributed by atoms with van der Waals surface area (Å²) in [5, 5.41) is 13.9. The van der Waals surface area contributed by atoms with E-state index >= 15 is 0 Å². The van der Waals surface area contributed by atoms with Crippen LogP contribution >= 0.6 is 7.26 Å². The molecule has 0 bridgehead atoms. The predicted molar refractivity (Wildman–Crippen MR) is 61.1 cm³/mol. The summed E-state index contributed by atoms with van der Waals surface area (Å²) in [7, 11) is -0.691. The molecule has 0 atom stereocenters. The van der Waals surface area contributed by atoms with Gasteiger partial charge < -0.3 is 10.2 Å². The van der Waals surface area contributed by atoms with Crippen molar-refractivity contribution in [2.24, 2.45) is 0 Å². The minimum Gasteiger partial charge on any atom is -0.450 e. The second-order valence-electron chi connectivity index (χ2n) is 3.20. The molecule has 0 saturated heterocycles. The molecule has 0 amide bonds. The summed E-state index contributed by atoms with van der Waals surface area (Å²) >= 11 is 0. The summed E-state index contributed by atoms with van der Waals surface area (Å²) in [6, 6.07) is 0. The van der Waals surface area contributed by atoms with Gasteiger partial charge in [-0.05, 0) is 0 Å². The Hall–Kier alpha value is -0.300. The molecule has 0 aliphatic carbocycles. The van der Waals surface area contributed by atoms with Crippen LogP contribution in [-0.2, 0) is 0 Å². The van der Waals surface area contributed by atoms with Gasteiger partial charge in [-0.15, -0.1) is 0 Å². The molecule has 0 rings (SSSR count). The predicted octanol–water partition coefficient (Wildman–Crippen LogP) is 3.04. The molecule has 0 aromatic carbocycles. The summed E-state index contributed by atoms with van der Waals surface area (Å²) in [4.78, 5) is 8.56. The Morgan fingerprint density at radius 3 is 1.08 bits per heavy atom. The number of rotatable bonds is 4. The summed E-state index contributed by atoms with van der Waals surface area (Å²) < 4.78 is 0. The topological polar surface area (TPSA) is 57.5 Å². The minimum absolute atomic E-state index is 0.691. The van der Waals surface area contributed by atoms with Crippen LogP contribution in [0, 0.1) is 0 Å². The van der Waals surface area contributed by atoms with Crippen LogP contribution in [0.4, 0.5) is 4.79 Å². The van der Waals surface area contributed by atoms with E-state index in [1.165, 1.54) is 24.6 Å². The molecule has 0 aliphatic heterocycles. The zero-order chi connectivity index (χ0) is 10.9. The molecule has 0 spiro atoms. The summed E-state index contributed by atoms with van der Waals surface area (Å²) in [5.74, 6) is 0. The van der Waals surface area contributed by atoms with Gasteiger partial charge in [0.05, 0.1) is 0 Å². The van der Waals surface area contributed by atoms with Gasteiger partial charge in [-0.1, -0.05) is 0 Å². The van der Waals surface area contributed by atoms with Gasteiger partial charge in [0.25, 0.3) is 0 Å². The van der Waals surface area contributed by atoms with Gasteiger partial charge in [0, 0.05) is 0 Å². The maximum absolute atomic E-state index is 8.56. The molecular formula is C9H23O3P. The number of hydrogen-bond acceptors (Lipinski definition) is 1. The SMILES string of the molecule is CC[PH](CC)(CC)CC.O=C(O)O. The third-order valence-corrected chi connectivity index (χ3v) is 9.00. The van der Waals surface area contributed by atoms with Gasteiger partial charge in [-0.2, -0.15) is 0 Å². The monoisotopic (exact) mass is 210 g/mol. The minimum atomic E-state index is -1.83. The van der Waals surface area contributed by atoms with Crippen molar-refractivity contribution in [1.82, 2.24) is 0 Å². The van der Waals surface area contributed by atoms with E-state index in [0.717, 1.165) is 0 Å². The van der Waals surface area contributed by atoms with E-state index in [-0.39, 0.29) is 0 Å². The van der Waals surface area contributed by atoms with Crippen LogP contribution in [0.3, 0.4) is 0 Å². The molecule has 13 heavy (non-hydrogen) atoms. The quantitative estimate of drug-likeness (QED) is 0.701. The average Bonchev–Trinajstić information content (AvgIpc) is 2.09. The number of hydrogen-bond donors (Lipinski definition) is 2. The van der Waals surface area contributed by atoms with E-state index in [1.54, 1.807) is 0 Å². The molecule has 0 aliphatic rings. The van der Waals surface area contributed by atoms with Gasteiger partial charge in [0.1, 0.15) is 0 Å². The molecule has 0 saturated carbocycles. The van der Waals surface area contributed by atoms with Crippen LogP contribution in [0.15, 0.2) is 0 Å². The van der Waals surface area contributed by atoms with Crippen molar-refractivity contribution >= 4 is 13.4 Å². The van der Waals surface area contributed by atoms with Gasteiger partial charge >= 0.3 is 65.8 Å². The number of carboxylic acid groups (broad SMARTS) is 2. The number of carbonyl (C=O) groups is 1. The van der Waals surface area contributed by atoms with Gasteiger partial charge in [0.15, 0.2) is 0 Å². The fourth-order valence-corrected chi connectivity index (χ4v) is 4.50. The zero-order valence-corrected chi connectivity index (χ0v) is 10.1. The molecule has 0 heterocycles. The molecule has 82 valence electrons. The van der Waals surface area contributed by atoms with Crippen molar-refractivity contribution in [3.05, 3.63) is 0 Å². The van der Waals surface area contributed by atoms with Crippen LogP contribution < -0.4 is 0 Å². The van der Waals surface area contributed by atoms with Crippen molar-refractivity contribution < 1.29 is 15.0 Å². The van der Waals surface area contributed by atoms with E-state index in [2.05, 4.69) is 27.7 Å². The largest absolute Gasteiger partial charge is 0.503 e. The summed E-state index contributed by atoms with van der Waals surface area (Å²) in [6.07, 6.45) is 4.10. The van der Waals surface area contributed by atoms with E-state index in [9.17, 15) is 0 Å². The maximum Gasteiger partial charge on any atom is 0.503 e. The first-order valence-corrected chi connectivity index (χ1v) is 7.72. The van der Waals surface area contributed by atoms with Crippen molar-refractivity contribution in [2.45, 2.75) is 27.7 Å². The van der Waals surface area contributed by atoms with Gasteiger partial charge in [-0.3, -0.25) is 0 Å². The second-order valence-corrected chi connectivity index (χ2v) is 9.03. The average molecular weight is 210 g/mol. The Balaban J connectivity index is 0. The normalized spacial score (nSPS) is 11.4. The fraction of sp³-hybridized carbons (Fsp3) is 0.889. The van der Waals surface area contributed by atoms with Crippen LogP contribution in [0.2, 0.25) is 0 Å². The smallest absolute Gasteiger partial charge is 0.450 e. The van der Waals surface area contributed by atoms with Crippen LogP contribution in [0.25, 0.3) is 0 Å². The van der Waals surface area contributed by atoms with Crippen molar-refractivity contribution in [1.29, 1.82) is 0 Å². The van der Waals surface area contributed by atoms with E-state index in [1.807, 2.05) is 0 Å². The van der Waals surface area contributed by atoms with Crippen LogP contribution in [-0.4, -0.2) is 41.0 Å². The molecule has 0 radical (unpaired) electrons. The third-order valence-electron chi connectivity index (χ3n) is 3.00. The Morgan fingerprint density at radius 1 is 0.923 bits per heavy atom. The van der Waals surface area contributed by atoms with Gasteiger partial charge in [-0.25, -0.2) is 4.79 Å². The fourth-order valence-electron chi connectivity index (χ4n) is 1.50.